The van der Waals surface area contributed by atoms with Gasteiger partial charge in [0.1, 0.15) is 12.1 Å². The summed E-state index contributed by atoms with van der Waals surface area (Å²) in [6.45, 7) is 1.82. The molecule has 0 spiro atoms. The van der Waals surface area contributed by atoms with Crippen LogP contribution in [0.1, 0.15) is 12.8 Å². The lowest BCUT2D eigenvalue weighted by molar-refractivity contribution is 0.0301. The zero-order valence-corrected chi connectivity index (χ0v) is 13.0. The van der Waals surface area contributed by atoms with Crippen LogP contribution >= 0.6 is 0 Å². The number of hydrogen-bond acceptors (Lipinski definition) is 5. The quantitative estimate of drug-likeness (QED) is 0.718. The van der Waals surface area contributed by atoms with Gasteiger partial charge in [-0.15, -0.1) is 5.10 Å². The lowest BCUT2D eigenvalue weighted by atomic mass is 10.1. The highest BCUT2D eigenvalue weighted by atomic mass is 16.5. The second-order valence-electron chi connectivity index (χ2n) is 6.34. The fraction of sp³-hybridized carbons (Fsp3) is 0.438. The second-order valence-corrected chi connectivity index (χ2v) is 6.34. The number of anilines is 1. The lowest BCUT2D eigenvalue weighted by Crippen LogP contribution is -2.43. The highest BCUT2D eigenvalue weighted by molar-refractivity contribution is 5.79. The van der Waals surface area contributed by atoms with Crippen LogP contribution in [0.2, 0.25) is 0 Å². The number of nitrogens with zero attached hydrogens (tertiary/aromatic N) is 6. The van der Waals surface area contributed by atoms with Gasteiger partial charge in [-0.05, 0) is 25.0 Å². The Morgan fingerprint density at radius 1 is 1.22 bits per heavy atom. The van der Waals surface area contributed by atoms with E-state index >= 15 is 0 Å². The molecule has 0 amide bonds. The van der Waals surface area contributed by atoms with E-state index in [-0.39, 0.29) is 0 Å². The van der Waals surface area contributed by atoms with Gasteiger partial charge in [0, 0.05) is 31.9 Å². The molecule has 2 aliphatic heterocycles. The van der Waals surface area contributed by atoms with Gasteiger partial charge in [0.2, 0.25) is 0 Å². The van der Waals surface area contributed by atoms with Crippen LogP contribution in [0, 0.1) is 0 Å². The van der Waals surface area contributed by atoms with Crippen LogP contribution in [0.25, 0.3) is 16.8 Å². The number of ether oxygens (including phenoxy) is 1. The number of morpholine rings is 1. The highest BCUT2D eigenvalue weighted by Gasteiger charge is 2.34. The molecule has 0 N–H and O–H groups in total. The summed E-state index contributed by atoms with van der Waals surface area (Å²) in [6.07, 6.45) is 8.42. The number of aromatic nitrogens is 5. The number of fused-ring (bicyclic) bond motifs is 3. The molecule has 7 heteroatoms. The molecule has 3 aromatic rings. The average molecular weight is 310 g/mol. The van der Waals surface area contributed by atoms with Crippen LogP contribution in [0.3, 0.4) is 0 Å². The molecule has 2 fully saturated rings. The summed E-state index contributed by atoms with van der Waals surface area (Å²) in [5.74, 6) is 0.979. The highest BCUT2D eigenvalue weighted by Crippen LogP contribution is 2.32. The van der Waals surface area contributed by atoms with Crippen LogP contribution in [0.4, 0.5) is 5.82 Å². The summed E-state index contributed by atoms with van der Waals surface area (Å²) < 4.78 is 9.68. The van der Waals surface area contributed by atoms with E-state index in [1.807, 2.05) is 34.7 Å². The van der Waals surface area contributed by atoms with Crippen molar-refractivity contribution in [2.24, 2.45) is 7.05 Å². The molecule has 0 radical (unpaired) electrons. The van der Waals surface area contributed by atoms with Crippen molar-refractivity contribution in [3.05, 3.63) is 30.9 Å². The van der Waals surface area contributed by atoms with Crippen molar-refractivity contribution in [1.82, 2.24) is 24.4 Å². The third kappa shape index (κ3) is 2.03. The fourth-order valence-corrected chi connectivity index (χ4v) is 3.70. The number of hydrogen-bond donors (Lipinski definition) is 0. The standard InChI is InChI=1S/C16H18N6O/c1-20-14(4-5-18-20)13-6-16(19-22-10-17-7-15(13)22)21-8-11-2-3-12(9-21)23-11/h4-7,10-12H,2-3,8-9H2,1H3. The van der Waals surface area contributed by atoms with Gasteiger partial charge in [0.25, 0.3) is 0 Å². The Morgan fingerprint density at radius 2 is 2.04 bits per heavy atom. The summed E-state index contributed by atoms with van der Waals surface area (Å²) in [4.78, 5) is 6.60. The Labute approximate surface area is 133 Å². The molecule has 0 aliphatic carbocycles. The Morgan fingerprint density at radius 3 is 2.78 bits per heavy atom. The minimum atomic E-state index is 0.342. The molecule has 3 aromatic heterocycles. The third-order valence-corrected chi connectivity index (χ3v) is 4.84. The molecular weight excluding hydrogens is 292 g/mol. The van der Waals surface area contributed by atoms with E-state index in [9.17, 15) is 0 Å². The first-order chi connectivity index (χ1) is 11.3. The number of imidazole rings is 1. The molecule has 0 aromatic carbocycles. The molecule has 2 unspecified atom stereocenters. The van der Waals surface area contributed by atoms with Crippen molar-refractivity contribution in [1.29, 1.82) is 0 Å². The topological polar surface area (TPSA) is 60.5 Å². The number of aryl methyl sites for hydroxylation is 1. The number of rotatable bonds is 2. The molecule has 0 saturated carbocycles. The molecule has 5 rings (SSSR count). The molecule has 118 valence electrons. The van der Waals surface area contributed by atoms with Crippen LogP contribution in [-0.4, -0.2) is 49.7 Å². The first kappa shape index (κ1) is 13.1. The molecular formula is C16H18N6O. The minimum absolute atomic E-state index is 0.342. The van der Waals surface area contributed by atoms with Gasteiger partial charge in [0.15, 0.2) is 0 Å². The Kier molecular flexibility index (Phi) is 2.72. The SMILES string of the molecule is Cn1nccc1-c1cc(N2CC3CCC(C2)O3)nn2cncc12. The molecule has 7 nitrogen and oxygen atoms in total. The van der Waals surface area contributed by atoms with Crippen molar-refractivity contribution >= 4 is 11.3 Å². The monoisotopic (exact) mass is 310 g/mol. The largest absolute Gasteiger partial charge is 0.371 e. The van der Waals surface area contributed by atoms with Gasteiger partial charge in [-0.25, -0.2) is 9.50 Å². The molecule has 2 aliphatic rings. The summed E-state index contributed by atoms with van der Waals surface area (Å²) in [5.41, 5.74) is 3.16. The van der Waals surface area contributed by atoms with Crippen LogP contribution in [0.15, 0.2) is 30.9 Å². The predicted molar refractivity (Wildman–Crippen MR) is 85.3 cm³/mol. The van der Waals surface area contributed by atoms with Crippen LogP contribution in [-0.2, 0) is 11.8 Å². The van der Waals surface area contributed by atoms with Gasteiger partial charge < -0.3 is 9.64 Å². The zero-order chi connectivity index (χ0) is 15.4. The molecule has 2 bridgehead atoms. The van der Waals surface area contributed by atoms with Gasteiger partial charge >= 0.3 is 0 Å². The van der Waals surface area contributed by atoms with E-state index in [0.29, 0.717) is 12.2 Å². The molecule has 2 atom stereocenters. The van der Waals surface area contributed by atoms with Gasteiger partial charge in [-0.3, -0.25) is 4.68 Å². The zero-order valence-electron chi connectivity index (χ0n) is 13.0. The van der Waals surface area contributed by atoms with Crippen molar-refractivity contribution in [2.45, 2.75) is 25.0 Å². The van der Waals surface area contributed by atoms with E-state index in [1.165, 1.54) is 0 Å². The van der Waals surface area contributed by atoms with Crippen molar-refractivity contribution in [3.63, 3.8) is 0 Å². The normalized spacial score (nSPS) is 23.8. The van der Waals surface area contributed by atoms with E-state index in [1.54, 1.807) is 6.33 Å². The van der Waals surface area contributed by atoms with Crippen molar-refractivity contribution < 1.29 is 4.74 Å². The third-order valence-electron chi connectivity index (χ3n) is 4.84. The Bertz CT molecular complexity index is 856. The van der Waals surface area contributed by atoms with Crippen LogP contribution < -0.4 is 4.90 Å². The first-order valence-corrected chi connectivity index (χ1v) is 8.00. The summed E-state index contributed by atoms with van der Waals surface area (Å²) >= 11 is 0. The van der Waals surface area contributed by atoms with Crippen LogP contribution in [0.5, 0.6) is 0 Å². The maximum atomic E-state index is 5.94. The maximum Gasteiger partial charge on any atom is 0.150 e. The van der Waals surface area contributed by atoms with Gasteiger partial charge in [-0.2, -0.15) is 5.10 Å². The molecule has 23 heavy (non-hydrogen) atoms. The minimum Gasteiger partial charge on any atom is -0.371 e. The summed E-state index contributed by atoms with van der Waals surface area (Å²) in [7, 11) is 1.96. The second kappa shape index (κ2) is 4.79. The van der Waals surface area contributed by atoms with Gasteiger partial charge in [0.05, 0.1) is 29.6 Å². The smallest absolute Gasteiger partial charge is 0.150 e. The fourth-order valence-electron chi connectivity index (χ4n) is 3.70. The Hall–Kier alpha value is -2.41. The van der Waals surface area contributed by atoms with E-state index in [2.05, 4.69) is 21.0 Å². The lowest BCUT2D eigenvalue weighted by Gasteiger charge is -2.33. The Balaban J connectivity index is 1.64. The summed E-state index contributed by atoms with van der Waals surface area (Å²) in [5, 5.41) is 9.04. The molecule has 5 heterocycles. The average Bonchev–Trinajstić information content (AvgIpc) is 3.26. The van der Waals surface area contributed by atoms with E-state index in [4.69, 9.17) is 9.84 Å². The van der Waals surface area contributed by atoms with Crippen molar-refractivity contribution in [3.8, 4) is 11.3 Å². The maximum absolute atomic E-state index is 5.94. The summed E-state index contributed by atoms with van der Waals surface area (Å²) in [6, 6.07) is 4.17. The van der Waals surface area contributed by atoms with Crippen molar-refractivity contribution in [2.75, 3.05) is 18.0 Å². The van der Waals surface area contributed by atoms with E-state index in [0.717, 1.165) is 48.5 Å². The predicted octanol–water partition coefficient (Wildman–Crippen LogP) is 1.50. The van der Waals surface area contributed by atoms with Gasteiger partial charge in [-0.1, -0.05) is 0 Å². The molecule has 2 saturated heterocycles. The first-order valence-electron chi connectivity index (χ1n) is 8.00. The van der Waals surface area contributed by atoms with E-state index < -0.39 is 0 Å².